The van der Waals surface area contributed by atoms with Crippen LogP contribution in [-0.4, -0.2) is 49.8 Å². The molecule has 8 nitrogen and oxygen atoms in total. The van der Waals surface area contributed by atoms with Crippen LogP contribution in [0, 0.1) is 0 Å². The Kier molecular flexibility index (Phi) is 6.16. The molecule has 0 bridgehead atoms. The molecule has 1 saturated carbocycles. The van der Waals surface area contributed by atoms with Gasteiger partial charge in [0.05, 0.1) is 11.8 Å². The Hall–Kier alpha value is -2.31. The number of amides is 2. The fourth-order valence-electron chi connectivity index (χ4n) is 4.02. The van der Waals surface area contributed by atoms with E-state index in [2.05, 4.69) is 27.4 Å². The van der Waals surface area contributed by atoms with E-state index < -0.39 is 0 Å². The topological polar surface area (TPSA) is 92.2 Å². The molecule has 2 aromatic heterocycles. The lowest BCUT2D eigenvalue weighted by Crippen LogP contribution is -2.53. The first-order chi connectivity index (χ1) is 14.5. The van der Waals surface area contributed by atoms with Crippen LogP contribution >= 0.6 is 8.73 Å². The highest BCUT2D eigenvalue weighted by Crippen LogP contribution is 2.38. The van der Waals surface area contributed by atoms with Crippen molar-refractivity contribution in [1.82, 2.24) is 30.1 Å². The number of fused-ring (bicyclic) bond motifs is 1. The normalized spacial score (nSPS) is 22.5. The van der Waals surface area contributed by atoms with Crippen molar-refractivity contribution in [1.29, 1.82) is 0 Å². The van der Waals surface area contributed by atoms with Gasteiger partial charge in [0.2, 0.25) is 0 Å². The van der Waals surface area contributed by atoms with E-state index in [1.165, 1.54) is 32.1 Å². The van der Waals surface area contributed by atoms with E-state index in [-0.39, 0.29) is 22.8 Å². The van der Waals surface area contributed by atoms with Gasteiger partial charge in [-0.2, -0.15) is 5.10 Å². The highest BCUT2D eigenvalue weighted by atomic mass is 31.1. The molecule has 0 saturated heterocycles. The summed E-state index contributed by atoms with van der Waals surface area (Å²) in [7, 11) is 2.26. The predicted octanol–water partition coefficient (Wildman–Crippen LogP) is 2.53. The zero-order valence-electron chi connectivity index (χ0n) is 17.5. The number of pyridine rings is 1. The molecule has 2 aromatic rings. The first-order valence-electron chi connectivity index (χ1n) is 10.5. The van der Waals surface area contributed by atoms with Crippen LogP contribution in [0.5, 0.6) is 0 Å². The smallest absolute Gasteiger partial charge is 0.272 e. The highest BCUT2D eigenvalue weighted by Gasteiger charge is 2.41. The van der Waals surface area contributed by atoms with Gasteiger partial charge in [-0.15, -0.1) is 0 Å². The molecular weight excluding hydrogens is 399 g/mol. The summed E-state index contributed by atoms with van der Waals surface area (Å²) in [6, 6.07) is 5.85. The molecule has 1 fully saturated rings. The minimum absolute atomic E-state index is 0.0968. The van der Waals surface area contributed by atoms with Crippen LogP contribution in [-0.2, 0) is 13.1 Å². The van der Waals surface area contributed by atoms with Crippen molar-refractivity contribution in [2.75, 3.05) is 7.05 Å². The third kappa shape index (κ3) is 4.40. The van der Waals surface area contributed by atoms with E-state index in [9.17, 15) is 9.59 Å². The summed E-state index contributed by atoms with van der Waals surface area (Å²) in [5.74, 6) is -0.388. The van der Waals surface area contributed by atoms with Crippen LogP contribution in [0.3, 0.4) is 0 Å². The van der Waals surface area contributed by atoms with Crippen LogP contribution in [0.4, 0.5) is 0 Å². The van der Waals surface area contributed by atoms with Crippen LogP contribution in [0.2, 0.25) is 0 Å². The van der Waals surface area contributed by atoms with E-state index in [1.807, 2.05) is 19.2 Å². The minimum Gasteiger partial charge on any atom is -0.347 e. The maximum Gasteiger partial charge on any atom is 0.272 e. The monoisotopic (exact) mass is 428 g/mol. The Morgan fingerprint density at radius 2 is 2.13 bits per heavy atom. The zero-order valence-corrected chi connectivity index (χ0v) is 18.5. The first-order valence-corrected chi connectivity index (χ1v) is 11.5. The summed E-state index contributed by atoms with van der Waals surface area (Å²) in [5.41, 5.74) is 1.64. The van der Waals surface area contributed by atoms with E-state index in [0.29, 0.717) is 33.6 Å². The average molecular weight is 428 g/mol. The van der Waals surface area contributed by atoms with E-state index in [0.717, 1.165) is 5.56 Å². The number of rotatable bonds is 6. The molecular formula is C21H29N6O2P. The second-order valence-electron chi connectivity index (χ2n) is 8.36. The molecule has 1 aliphatic heterocycles. The number of nitrogens with one attached hydrogen (secondary N) is 2. The SMILES string of the molecule is CN1C(=O)c2cc(C(=O)NCc3cccnc3)nn2CC1(C)PNC1CCCCC1. The molecule has 3 heterocycles. The van der Waals surface area contributed by atoms with Crippen LogP contribution < -0.4 is 10.4 Å². The maximum atomic E-state index is 13.0. The van der Waals surface area contributed by atoms with Gasteiger partial charge in [0.1, 0.15) is 5.69 Å². The highest BCUT2D eigenvalue weighted by molar-refractivity contribution is 7.37. The van der Waals surface area contributed by atoms with E-state index in [4.69, 9.17) is 0 Å². The minimum atomic E-state index is -0.364. The van der Waals surface area contributed by atoms with Crippen molar-refractivity contribution in [3.8, 4) is 0 Å². The van der Waals surface area contributed by atoms with Crippen molar-refractivity contribution >= 4 is 20.5 Å². The van der Waals surface area contributed by atoms with Crippen molar-refractivity contribution < 1.29 is 9.59 Å². The summed E-state index contributed by atoms with van der Waals surface area (Å²) in [4.78, 5) is 31.4. The Morgan fingerprint density at radius 3 is 2.87 bits per heavy atom. The lowest BCUT2D eigenvalue weighted by molar-refractivity contribution is 0.0614. The maximum absolute atomic E-state index is 13.0. The van der Waals surface area contributed by atoms with E-state index in [1.54, 1.807) is 28.0 Å². The predicted molar refractivity (Wildman–Crippen MR) is 116 cm³/mol. The Balaban J connectivity index is 1.43. The standard InChI is InChI=1S/C21H29N6O2P/c1-21(30-25-16-8-4-3-5-9-16)14-27-18(20(29)26(21)2)11-17(24-27)19(28)23-13-15-7-6-10-22-12-15/h6-7,10-12,16,25,30H,3-5,8-9,13-14H2,1-2H3,(H,23,28). The lowest BCUT2D eigenvalue weighted by Gasteiger charge is -2.43. The summed E-state index contributed by atoms with van der Waals surface area (Å²) >= 11 is 0. The van der Waals surface area contributed by atoms with Crippen LogP contribution in [0.25, 0.3) is 0 Å². The van der Waals surface area contributed by atoms with Gasteiger partial charge in [0.25, 0.3) is 11.8 Å². The first kappa shape index (κ1) is 20.9. The summed E-state index contributed by atoms with van der Waals surface area (Å²) in [6.07, 6.45) is 9.67. The van der Waals surface area contributed by atoms with Gasteiger partial charge in [-0.1, -0.05) is 25.3 Å². The molecule has 0 radical (unpaired) electrons. The van der Waals surface area contributed by atoms with Gasteiger partial charge in [-0.3, -0.25) is 24.3 Å². The molecule has 0 spiro atoms. The molecule has 2 unspecified atom stereocenters. The van der Waals surface area contributed by atoms with Crippen molar-refractivity contribution in [2.24, 2.45) is 0 Å². The molecule has 30 heavy (non-hydrogen) atoms. The van der Waals surface area contributed by atoms with Gasteiger partial charge in [0, 0.05) is 38.1 Å². The molecule has 4 rings (SSSR count). The number of nitrogens with zero attached hydrogens (tertiary/aromatic N) is 4. The number of aromatic nitrogens is 3. The molecule has 1 aliphatic carbocycles. The summed E-state index contributed by atoms with van der Waals surface area (Å²) < 4.78 is 1.69. The molecule has 2 N–H and O–H groups in total. The molecule has 2 aliphatic rings. The number of carbonyl (C=O) groups is 2. The Bertz CT molecular complexity index is 911. The third-order valence-electron chi connectivity index (χ3n) is 6.06. The quantitative estimate of drug-likeness (QED) is 0.690. The van der Waals surface area contributed by atoms with Crippen LogP contribution in [0.1, 0.15) is 65.6 Å². The molecule has 2 atom stereocenters. The van der Waals surface area contributed by atoms with Gasteiger partial charge in [0.15, 0.2) is 5.69 Å². The zero-order chi connectivity index (χ0) is 21.1. The van der Waals surface area contributed by atoms with E-state index >= 15 is 0 Å². The van der Waals surface area contributed by atoms with Gasteiger partial charge < -0.3 is 10.2 Å². The molecule has 0 aromatic carbocycles. The second-order valence-corrected chi connectivity index (χ2v) is 9.97. The fraction of sp³-hybridized carbons (Fsp3) is 0.524. The number of likely N-dealkylation sites (N-methyl/N-ethyl adjacent to an activating group) is 1. The molecule has 160 valence electrons. The van der Waals surface area contributed by atoms with Crippen molar-refractivity contribution in [3.63, 3.8) is 0 Å². The van der Waals surface area contributed by atoms with Crippen molar-refractivity contribution in [3.05, 3.63) is 47.5 Å². The average Bonchev–Trinajstić information content (AvgIpc) is 3.20. The van der Waals surface area contributed by atoms with Gasteiger partial charge in [-0.05, 0) is 40.1 Å². The second kappa shape index (κ2) is 8.82. The molecule has 2 amide bonds. The fourth-order valence-corrected chi connectivity index (χ4v) is 5.32. The number of hydrogen-bond acceptors (Lipinski definition) is 5. The summed E-state index contributed by atoms with van der Waals surface area (Å²) in [6.45, 7) is 3.03. The largest absolute Gasteiger partial charge is 0.347 e. The Labute approximate surface area is 178 Å². The lowest BCUT2D eigenvalue weighted by atomic mass is 9.96. The third-order valence-corrected chi connectivity index (χ3v) is 7.65. The number of hydrogen-bond donors (Lipinski definition) is 2. The van der Waals surface area contributed by atoms with Crippen molar-refractivity contribution in [2.45, 2.75) is 63.4 Å². The summed E-state index contributed by atoms with van der Waals surface area (Å²) in [5, 5.41) is 10.6. The van der Waals surface area contributed by atoms with Gasteiger partial charge >= 0.3 is 0 Å². The molecule has 9 heteroatoms. The van der Waals surface area contributed by atoms with Gasteiger partial charge in [-0.25, -0.2) is 0 Å². The Morgan fingerprint density at radius 1 is 1.33 bits per heavy atom. The van der Waals surface area contributed by atoms with Crippen LogP contribution in [0.15, 0.2) is 30.6 Å². The number of carbonyl (C=O) groups excluding carboxylic acids is 2.